The molecule has 0 bridgehead atoms. The largest absolute Gasteiger partial charge is 0.399 e. The fourth-order valence-electron chi connectivity index (χ4n) is 2.65. The number of nitrogens with zero attached hydrogens (tertiary/aromatic N) is 1. The van der Waals surface area contributed by atoms with Crippen molar-refractivity contribution in [1.29, 1.82) is 0 Å². The number of benzene rings is 1. The maximum atomic E-state index is 13.2. The smallest absolute Gasteiger partial charge is 0.248 e. The summed E-state index contributed by atoms with van der Waals surface area (Å²) in [6.45, 7) is 3.54. The Morgan fingerprint density at radius 2 is 2.22 bits per heavy atom. The Labute approximate surface area is 107 Å². The molecule has 1 aliphatic carbocycles. The minimum absolute atomic E-state index is 0.0197. The molecular weight excluding hydrogens is 234 g/mol. The Balaban J connectivity index is 2.02. The van der Waals surface area contributed by atoms with Gasteiger partial charge in [-0.2, -0.15) is 0 Å². The van der Waals surface area contributed by atoms with Crippen molar-refractivity contribution in [2.45, 2.75) is 32.1 Å². The number of nitrogens with two attached hydrogens (primary N) is 1. The normalized spacial score (nSPS) is 22.1. The zero-order valence-corrected chi connectivity index (χ0v) is 10.7. The summed E-state index contributed by atoms with van der Waals surface area (Å²) < 4.78 is 26.4. The predicted octanol–water partition coefficient (Wildman–Crippen LogP) is 3.53. The Morgan fingerprint density at radius 1 is 1.44 bits per heavy atom. The molecule has 18 heavy (non-hydrogen) atoms. The predicted molar refractivity (Wildman–Crippen MR) is 71.0 cm³/mol. The van der Waals surface area contributed by atoms with Crippen molar-refractivity contribution in [3.8, 4) is 0 Å². The van der Waals surface area contributed by atoms with Crippen molar-refractivity contribution in [2.24, 2.45) is 5.92 Å². The first-order chi connectivity index (χ1) is 8.50. The van der Waals surface area contributed by atoms with Crippen molar-refractivity contribution < 1.29 is 8.78 Å². The number of alkyl halides is 2. The van der Waals surface area contributed by atoms with Crippen molar-refractivity contribution in [3.05, 3.63) is 24.3 Å². The first-order valence-electron chi connectivity index (χ1n) is 6.48. The average molecular weight is 254 g/mol. The highest BCUT2D eigenvalue weighted by Crippen LogP contribution is 2.39. The topological polar surface area (TPSA) is 29.3 Å². The first-order valence-corrected chi connectivity index (χ1v) is 6.48. The number of hydrogen-bond donors (Lipinski definition) is 1. The number of hydrogen-bond acceptors (Lipinski definition) is 2. The van der Waals surface area contributed by atoms with Crippen LogP contribution in [0.25, 0.3) is 0 Å². The van der Waals surface area contributed by atoms with Crippen LogP contribution in [0, 0.1) is 5.92 Å². The van der Waals surface area contributed by atoms with Crippen molar-refractivity contribution in [1.82, 2.24) is 0 Å². The van der Waals surface area contributed by atoms with Crippen molar-refractivity contribution >= 4 is 11.4 Å². The molecule has 0 saturated heterocycles. The molecule has 0 spiro atoms. The van der Waals surface area contributed by atoms with Gasteiger partial charge in [0.25, 0.3) is 0 Å². The van der Waals surface area contributed by atoms with E-state index in [1.165, 1.54) is 0 Å². The average Bonchev–Trinajstić information content (AvgIpc) is 2.65. The molecule has 1 aliphatic rings. The Morgan fingerprint density at radius 3 is 2.78 bits per heavy atom. The Kier molecular flexibility index (Phi) is 3.73. The lowest BCUT2D eigenvalue weighted by Crippen LogP contribution is -2.29. The van der Waals surface area contributed by atoms with Crippen LogP contribution >= 0.6 is 0 Å². The van der Waals surface area contributed by atoms with Crippen LogP contribution in [0.4, 0.5) is 20.2 Å². The number of nitrogen functional groups attached to an aromatic ring is 1. The van der Waals surface area contributed by atoms with E-state index in [0.717, 1.165) is 12.2 Å². The van der Waals surface area contributed by atoms with Gasteiger partial charge in [-0.25, -0.2) is 8.78 Å². The maximum Gasteiger partial charge on any atom is 0.248 e. The molecule has 1 saturated carbocycles. The second kappa shape index (κ2) is 5.12. The monoisotopic (exact) mass is 254 g/mol. The highest BCUT2D eigenvalue weighted by atomic mass is 19.3. The zero-order valence-electron chi connectivity index (χ0n) is 10.7. The van der Waals surface area contributed by atoms with E-state index in [0.29, 0.717) is 18.7 Å². The standard InChI is InChI=1S/C14H20F2N2/c1-2-18(13-5-3-4-12(17)8-13)10-11-6-7-14(15,16)9-11/h3-5,8,11H,2,6-7,9-10,17H2,1H3. The maximum absolute atomic E-state index is 13.2. The van der Waals surface area contributed by atoms with Crippen LogP contribution in [-0.4, -0.2) is 19.0 Å². The van der Waals surface area contributed by atoms with Crippen LogP contribution < -0.4 is 10.6 Å². The van der Waals surface area contributed by atoms with Crippen LogP contribution in [0.15, 0.2) is 24.3 Å². The van der Waals surface area contributed by atoms with E-state index in [4.69, 9.17) is 5.73 Å². The lowest BCUT2D eigenvalue weighted by Gasteiger charge is -2.26. The fraction of sp³-hybridized carbons (Fsp3) is 0.571. The van der Waals surface area contributed by atoms with Crippen LogP contribution in [0.1, 0.15) is 26.2 Å². The van der Waals surface area contributed by atoms with Gasteiger partial charge in [-0.3, -0.25) is 0 Å². The summed E-state index contributed by atoms with van der Waals surface area (Å²) in [6, 6.07) is 7.61. The summed E-state index contributed by atoms with van der Waals surface area (Å²) in [5.41, 5.74) is 7.49. The lowest BCUT2D eigenvalue weighted by molar-refractivity contribution is 0.00535. The number of anilines is 2. The second-order valence-corrected chi connectivity index (χ2v) is 5.10. The van der Waals surface area contributed by atoms with E-state index < -0.39 is 5.92 Å². The van der Waals surface area contributed by atoms with Gasteiger partial charge < -0.3 is 10.6 Å². The molecular formula is C14H20F2N2. The van der Waals surface area contributed by atoms with Crippen LogP contribution in [0.3, 0.4) is 0 Å². The van der Waals surface area contributed by atoms with Crippen molar-refractivity contribution in [3.63, 3.8) is 0 Å². The molecule has 0 amide bonds. The fourth-order valence-corrected chi connectivity index (χ4v) is 2.65. The van der Waals surface area contributed by atoms with Gasteiger partial charge in [0.2, 0.25) is 5.92 Å². The van der Waals surface area contributed by atoms with Gasteiger partial charge in [-0.05, 0) is 37.5 Å². The van der Waals surface area contributed by atoms with E-state index in [-0.39, 0.29) is 18.8 Å². The third kappa shape index (κ3) is 3.12. The minimum atomic E-state index is -2.46. The van der Waals surface area contributed by atoms with E-state index >= 15 is 0 Å². The molecule has 2 rings (SSSR count). The highest BCUT2D eigenvalue weighted by molar-refractivity contribution is 5.55. The Bertz CT molecular complexity index is 407. The van der Waals surface area contributed by atoms with Crippen LogP contribution in [0.5, 0.6) is 0 Å². The molecule has 2 N–H and O–H groups in total. The quantitative estimate of drug-likeness (QED) is 0.833. The Hall–Kier alpha value is -1.32. The molecule has 1 unspecified atom stereocenters. The third-order valence-corrected chi connectivity index (χ3v) is 3.60. The van der Waals surface area contributed by atoms with E-state index in [1.54, 1.807) is 0 Å². The van der Waals surface area contributed by atoms with Gasteiger partial charge in [0.1, 0.15) is 0 Å². The number of rotatable bonds is 4. The molecule has 0 radical (unpaired) electrons. The summed E-state index contributed by atoms with van der Waals surface area (Å²) in [7, 11) is 0. The lowest BCUT2D eigenvalue weighted by atomic mass is 10.1. The van der Waals surface area contributed by atoms with Crippen LogP contribution in [0.2, 0.25) is 0 Å². The van der Waals surface area contributed by atoms with Gasteiger partial charge in [-0.1, -0.05) is 6.07 Å². The summed E-state index contributed by atoms with van der Waals surface area (Å²) in [5.74, 6) is -2.37. The summed E-state index contributed by atoms with van der Waals surface area (Å²) in [6.07, 6.45) is 0.670. The van der Waals surface area contributed by atoms with E-state index in [1.807, 2.05) is 31.2 Å². The SMILES string of the molecule is CCN(CC1CCC(F)(F)C1)c1cccc(N)c1. The van der Waals surface area contributed by atoms with E-state index in [9.17, 15) is 8.78 Å². The van der Waals surface area contributed by atoms with Crippen LogP contribution in [-0.2, 0) is 0 Å². The van der Waals surface area contributed by atoms with Gasteiger partial charge in [0, 0.05) is 37.3 Å². The molecule has 1 atom stereocenters. The summed E-state index contributed by atoms with van der Waals surface area (Å²) in [5, 5.41) is 0. The molecule has 1 fully saturated rings. The summed E-state index contributed by atoms with van der Waals surface area (Å²) >= 11 is 0. The first kappa shape index (κ1) is 13.1. The van der Waals surface area contributed by atoms with Crippen molar-refractivity contribution in [2.75, 3.05) is 23.7 Å². The zero-order chi connectivity index (χ0) is 13.2. The minimum Gasteiger partial charge on any atom is -0.399 e. The molecule has 4 heteroatoms. The molecule has 1 aromatic carbocycles. The number of halogens is 2. The molecule has 0 aliphatic heterocycles. The van der Waals surface area contributed by atoms with Gasteiger partial charge >= 0.3 is 0 Å². The molecule has 1 aromatic rings. The van der Waals surface area contributed by atoms with Gasteiger partial charge in [0.05, 0.1) is 0 Å². The molecule has 0 heterocycles. The van der Waals surface area contributed by atoms with Gasteiger partial charge in [-0.15, -0.1) is 0 Å². The molecule has 0 aromatic heterocycles. The summed E-state index contributed by atoms with van der Waals surface area (Å²) in [4.78, 5) is 2.13. The molecule has 2 nitrogen and oxygen atoms in total. The van der Waals surface area contributed by atoms with Gasteiger partial charge in [0.15, 0.2) is 0 Å². The third-order valence-electron chi connectivity index (χ3n) is 3.60. The second-order valence-electron chi connectivity index (χ2n) is 5.10. The highest BCUT2D eigenvalue weighted by Gasteiger charge is 2.39. The molecule has 100 valence electrons. The van der Waals surface area contributed by atoms with E-state index in [2.05, 4.69) is 4.90 Å².